The standard InChI is InChI=1S/C17H21N5O3S/c1-11-18-19-17-22(11)20-14(12-3-5-13(24-2)6-4-12)15(26-17)16(23)21-7-9-25-10-8-21/h3-6,14-15,20H,7-10H2,1-2H3/t14-,15+/m0/s1. The molecule has 1 amide bonds. The normalized spacial score (nSPS) is 22.5. The van der Waals surface area contributed by atoms with Gasteiger partial charge in [0.05, 0.1) is 26.4 Å². The second-order valence-corrected chi connectivity index (χ2v) is 7.33. The topological polar surface area (TPSA) is 81.5 Å². The molecule has 3 heterocycles. The fourth-order valence-corrected chi connectivity index (χ4v) is 4.38. The molecule has 1 N–H and O–H groups in total. The zero-order valence-corrected chi connectivity index (χ0v) is 15.5. The van der Waals surface area contributed by atoms with Crippen molar-refractivity contribution >= 4 is 17.7 Å². The van der Waals surface area contributed by atoms with Crippen molar-refractivity contribution < 1.29 is 14.3 Å². The van der Waals surface area contributed by atoms with E-state index in [4.69, 9.17) is 9.47 Å². The first-order chi connectivity index (χ1) is 12.7. The molecule has 0 bridgehead atoms. The molecular formula is C17H21N5O3S. The second-order valence-electron chi connectivity index (χ2n) is 6.22. The van der Waals surface area contributed by atoms with Gasteiger partial charge in [-0.05, 0) is 24.6 Å². The van der Waals surface area contributed by atoms with Gasteiger partial charge in [-0.1, -0.05) is 23.9 Å². The van der Waals surface area contributed by atoms with E-state index in [9.17, 15) is 4.79 Å². The summed E-state index contributed by atoms with van der Waals surface area (Å²) in [5.41, 5.74) is 4.44. The Hall–Kier alpha value is -2.26. The van der Waals surface area contributed by atoms with Gasteiger partial charge in [0.25, 0.3) is 0 Å². The van der Waals surface area contributed by atoms with Crippen molar-refractivity contribution in [2.75, 3.05) is 38.8 Å². The molecule has 0 saturated carbocycles. The summed E-state index contributed by atoms with van der Waals surface area (Å²) in [6.07, 6.45) is 0. The number of carbonyl (C=O) groups excluding carboxylic acids is 1. The molecule has 4 rings (SSSR count). The number of hydrogen-bond donors (Lipinski definition) is 1. The third-order valence-corrected chi connectivity index (χ3v) is 5.84. The first-order valence-corrected chi connectivity index (χ1v) is 9.41. The number of fused-ring (bicyclic) bond motifs is 1. The summed E-state index contributed by atoms with van der Waals surface area (Å²) in [4.78, 5) is 15.1. The molecule has 1 aromatic carbocycles. The summed E-state index contributed by atoms with van der Waals surface area (Å²) < 4.78 is 12.5. The number of methoxy groups -OCH3 is 1. The van der Waals surface area contributed by atoms with E-state index in [0.717, 1.165) is 17.1 Å². The molecule has 0 unspecified atom stereocenters. The molecule has 1 fully saturated rings. The molecule has 2 aliphatic heterocycles. The van der Waals surface area contributed by atoms with E-state index in [2.05, 4.69) is 15.6 Å². The van der Waals surface area contributed by atoms with Crippen LogP contribution >= 0.6 is 11.8 Å². The number of aryl methyl sites for hydroxylation is 1. The van der Waals surface area contributed by atoms with Crippen LogP contribution in [0, 0.1) is 6.92 Å². The zero-order chi connectivity index (χ0) is 18.1. The van der Waals surface area contributed by atoms with Crippen molar-refractivity contribution in [3.05, 3.63) is 35.7 Å². The first kappa shape index (κ1) is 17.2. The predicted octanol–water partition coefficient (Wildman–Crippen LogP) is 1.21. The quantitative estimate of drug-likeness (QED) is 0.864. The van der Waals surface area contributed by atoms with Crippen LogP contribution < -0.4 is 10.2 Å². The average Bonchev–Trinajstić information content (AvgIpc) is 3.07. The Morgan fingerprint density at radius 3 is 2.69 bits per heavy atom. The number of nitrogens with one attached hydrogen (secondary N) is 1. The summed E-state index contributed by atoms with van der Waals surface area (Å²) in [6, 6.07) is 7.60. The highest BCUT2D eigenvalue weighted by atomic mass is 32.2. The van der Waals surface area contributed by atoms with Gasteiger partial charge in [-0.3, -0.25) is 4.79 Å². The van der Waals surface area contributed by atoms with E-state index in [1.165, 1.54) is 11.8 Å². The van der Waals surface area contributed by atoms with Crippen LogP contribution in [0.15, 0.2) is 29.4 Å². The van der Waals surface area contributed by atoms with Gasteiger partial charge in [0.2, 0.25) is 11.1 Å². The van der Waals surface area contributed by atoms with E-state index in [1.807, 2.05) is 40.8 Å². The molecule has 8 nitrogen and oxygen atoms in total. The lowest BCUT2D eigenvalue weighted by molar-refractivity contribution is -0.135. The van der Waals surface area contributed by atoms with Crippen LogP contribution in [0.25, 0.3) is 0 Å². The summed E-state index contributed by atoms with van der Waals surface area (Å²) in [7, 11) is 1.64. The van der Waals surface area contributed by atoms with Crippen molar-refractivity contribution in [2.45, 2.75) is 23.4 Å². The van der Waals surface area contributed by atoms with Crippen molar-refractivity contribution in [3.63, 3.8) is 0 Å². The summed E-state index contributed by atoms with van der Waals surface area (Å²) >= 11 is 1.46. The number of benzene rings is 1. The van der Waals surface area contributed by atoms with Crippen LogP contribution in [0.2, 0.25) is 0 Å². The number of amides is 1. The van der Waals surface area contributed by atoms with E-state index in [-0.39, 0.29) is 17.2 Å². The highest BCUT2D eigenvalue weighted by Gasteiger charge is 2.39. The van der Waals surface area contributed by atoms with Gasteiger partial charge >= 0.3 is 0 Å². The predicted molar refractivity (Wildman–Crippen MR) is 96.9 cm³/mol. The molecule has 2 aromatic rings. The maximum absolute atomic E-state index is 13.2. The van der Waals surface area contributed by atoms with Gasteiger partial charge in [0.15, 0.2) is 0 Å². The number of morpholine rings is 1. The van der Waals surface area contributed by atoms with Crippen LogP contribution in [0.4, 0.5) is 0 Å². The Balaban J connectivity index is 1.66. The summed E-state index contributed by atoms with van der Waals surface area (Å²) in [5, 5.41) is 8.70. The van der Waals surface area contributed by atoms with E-state index >= 15 is 0 Å². The van der Waals surface area contributed by atoms with Crippen LogP contribution in [0.5, 0.6) is 5.75 Å². The Morgan fingerprint density at radius 1 is 1.27 bits per heavy atom. The monoisotopic (exact) mass is 375 g/mol. The lowest BCUT2D eigenvalue weighted by atomic mass is 10.0. The third kappa shape index (κ3) is 3.12. The van der Waals surface area contributed by atoms with Gasteiger partial charge in [-0.2, -0.15) is 0 Å². The Morgan fingerprint density at radius 2 is 2.00 bits per heavy atom. The number of rotatable bonds is 3. The molecule has 0 aliphatic carbocycles. The fraction of sp³-hybridized carbons (Fsp3) is 0.471. The number of ether oxygens (including phenoxy) is 2. The molecule has 9 heteroatoms. The molecule has 0 radical (unpaired) electrons. The molecular weight excluding hydrogens is 354 g/mol. The van der Waals surface area contributed by atoms with Crippen LogP contribution in [-0.4, -0.2) is 64.3 Å². The highest BCUT2D eigenvalue weighted by molar-refractivity contribution is 8.00. The minimum absolute atomic E-state index is 0.0959. The van der Waals surface area contributed by atoms with Crippen molar-refractivity contribution in [1.82, 2.24) is 19.8 Å². The van der Waals surface area contributed by atoms with E-state index < -0.39 is 0 Å². The first-order valence-electron chi connectivity index (χ1n) is 8.53. The smallest absolute Gasteiger partial charge is 0.238 e. The highest BCUT2D eigenvalue weighted by Crippen LogP contribution is 2.38. The minimum atomic E-state index is -0.322. The molecule has 2 atom stereocenters. The van der Waals surface area contributed by atoms with Gasteiger partial charge in [-0.25, -0.2) is 4.68 Å². The van der Waals surface area contributed by atoms with Crippen molar-refractivity contribution in [3.8, 4) is 5.75 Å². The zero-order valence-electron chi connectivity index (χ0n) is 14.7. The summed E-state index contributed by atoms with van der Waals surface area (Å²) in [6.45, 7) is 4.30. The SMILES string of the molecule is COc1ccc([C@@H]2Nn3c(C)nnc3S[C@H]2C(=O)N2CCOCC2)cc1. The van der Waals surface area contributed by atoms with Gasteiger partial charge in [0, 0.05) is 13.1 Å². The number of hydrogen-bond acceptors (Lipinski definition) is 7. The van der Waals surface area contributed by atoms with Gasteiger partial charge in [-0.15, -0.1) is 10.2 Å². The lowest BCUT2D eigenvalue weighted by Crippen LogP contribution is -2.49. The number of carbonyl (C=O) groups is 1. The molecule has 0 spiro atoms. The summed E-state index contributed by atoms with van der Waals surface area (Å²) in [5.74, 6) is 1.65. The maximum atomic E-state index is 13.2. The van der Waals surface area contributed by atoms with Crippen LogP contribution in [0.1, 0.15) is 17.4 Å². The van der Waals surface area contributed by atoms with Crippen molar-refractivity contribution in [1.29, 1.82) is 0 Å². The van der Waals surface area contributed by atoms with Crippen LogP contribution in [0.3, 0.4) is 0 Å². The number of aromatic nitrogens is 3. The largest absolute Gasteiger partial charge is 0.497 e. The number of nitrogens with zero attached hydrogens (tertiary/aromatic N) is 4. The van der Waals surface area contributed by atoms with Crippen LogP contribution in [-0.2, 0) is 9.53 Å². The van der Waals surface area contributed by atoms with Gasteiger partial charge in [0.1, 0.15) is 16.8 Å². The average molecular weight is 375 g/mol. The fourth-order valence-electron chi connectivity index (χ4n) is 3.17. The van der Waals surface area contributed by atoms with Crippen molar-refractivity contribution in [2.24, 2.45) is 0 Å². The Kier molecular flexibility index (Phi) is 4.73. The van der Waals surface area contributed by atoms with E-state index in [0.29, 0.717) is 31.5 Å². The third-order valence-electron chi connectivity index (χ3n) is 4.64. The minimum Gasteiger partial charge on any atom is -0.497 e. The second kappa shape index (κ2) is 7.16. The molecule has 1 saturated heterocycles. The number of thioether (sulfide) groups is 1. The van der Waals surface area contributed by atoms with Gasteiger partial charge < -0.3 is 19.8 Å². The van der Waals surface area contributed by atoms with E-state index in [1.54, 1.807) is 7.11 Å². The maximum Gasteiger partial charge on any atom is 0.238 e. The molecule has 2 aliphatic rings. The lowest BCUT2D eigenvalue weighted by Gasteiger charge is -2.37. The Labute approximate surface area is 155 Å². The molecule has 26 heavy (non-hydrogen) atoms. The molecule has 1 aromatic heterocycles. The Bertz CT molecular complexity index is 788. The molecule has 138 valence electrons.